The predicted octanol–water partition coefficient (Wildman–Crippen LogP) is 2.17. The van der Waals surface area contributed by atoms with E-state index in [4.69, 9.17) is 14.1 Å². The molecule has 8 heteroatoms. The normalized spacial score (nSPS) is 22.6. The lowest BCUT2D eigenvalue weighted by atomic mass is 10.2. The number of aliphatic imine (C=N–C) groups is 1. The van der Waals surface area contributed by atoms with Gasteiger partial charge in [-0.05, 0) is 31.4 Å². The summed E-state index contributed by atoms with van der Waals surface area (Å²) in [5.41, 5.74) is 0. The molecule has 0 bridgehead atoms. The fourth-order valence-electron chi connectivity index (χ4n) is 3.41. The van der Waals surface area contributed by atoms with Gasteiger partial charge in [0.05, 0.1) is 18.9 Å². The lowest BCUT2D eigenvalue weighted by Gasteiger charge is -2.19. The van der Waals surface area contributed by atoms with Crippen LogP contribution in [0, 0.1) is 0 Å². The van der Waals surface area contributed by atoms with Crippen molar-refractivity contribution in [2.75, 3.05) is 32.8 Å². The number of hydrogen-bond acceptors (Lipinski definition) is 4. The summed E-state index contributed by atoms with van der Waals surface area (Å²) in [5, 5.41) is 6.87. The Hall–Kier alpha value is -1.29. The number of rotatable bonds is 7. The van der Waals surface area contributed by atoms with E-state index in [1.165, 1.54) is 0 Å². The first-order valence-electron chi connectivity index (χ1n) is 9.71. The third-order valence-electron chi connectivity index (χ3n) is 4.91. The van der Waals surface area contributed by atoms with E-state index in [0.29, 0.717) is 13.0 Å². The number of carbonyl (C=O) groups is 1. The second-order valence-corrected chi connectivity index (χ2v) is 6.90. The highest BCUT2D eigenvalue weighted by Gasteiger charge is 2.26. The van der Waals surface area contributed by atoms with Crippen molar-refractivity contribution >= 4 is 35.8 Å². The summed E-state index contributed by atoms with van der Waals surface area (Å²) >= 11 is 0. The largest absolute Gasteiger partial charge is 0.469 e. The molecule has 2 saturated heterocycles. The molecule has 2 atom stereocenters. The molecule has 2 aliphatic heterocycles. The number of halogens is 1. The summed E-state index contributed by atoms with van der Waals surface area (Å²) in [6.45, 7) is 5.72. The van der Waals surface area contributed by atoms with Crippen LogP contribution in [0.3, 0.4) is 0 Å². The summed E-state index contributed by atoms with van der Waals surface area (Å²) in [6, 6.07) is 4.12. The van der Waals surface area contributed by atoms with Gasteiger partial charge in [0.15, 0.2) is 5.96 Å². The average Bonchev–Trinajstić information content (AvgIpc) is 3.41. The van der Waals surface area contributed by atoms with Crippen molar-refractivity contribution in [2.45, 2.75) is 51.2 Å². The Kier molecular flexibility index (Phi) is 9.40. The van der Waals surface area contributed by atoms with Gasteiger partial charge in [-0.1, -0.05) is 6.92 Å². The maximum Gasteiger partial charge on any atom is 0.222 e. The number of guanidine groups is 1. The molecule has 2 unspecified atom stereocenters. The van der Waals surface area contributed by atoms with Gasteiger partial charge in [0.1, 0.15) is 5.76 Å². The van der Waals surface area contributed by atoms with Crippen molar-refractivity contribution < 1.29 is 13.9 Å². The van der Waals surface area contributed by atoms with Gasteiger partial charge in [-0.2, -0.15) is 0 Å². The van der Waals surface area contributed by atoms with Gasteiger partial charge in [0.25, 0.3) is 0 Å². The third-order valence-corrected chi connectivity index (χ3v) is 4.91. The minimum atomic E-state index is 0. The fourth-order valence-corrected chi connectivity index (χ4v) is 3.41. The molecule has 27 heavy (non-hydrogen) atoms. The zero-order chi connectivity index (χ0) is 18.2. The third kappa shape index (κ3) is 6.99. The van der Waals surface area contributed by atoms with Crippen LogP contribution in [-0.4, -0.2) is 61.7 Å². The van der Waals surface area contributed by atoms with Crippen LogP contribution in [0.25, 0.3) is 0 Å². The second kappa shape index (κ2) is 11.5. The molecule has 1 aromatic heterocycles. The first kappa shape index (κ1) is 22.0. The van der Waals surface area contributed by atoms with Crippen LogP contribution in [0.2, 0.25) is 0 Å². The molecule has 0 aromatic carbocycles. The van der Waals surface area contributed by atoms with E-state index in [-0.39, 0.29) is 42.0 Å². The second-order valence-electron chi connectivity index (χ2n) is 6.90. The maximum atomic E-state index is 11.9. The molecule has 0 saturated carbocycles. The van der Waals surface area contributed by atoms with E-state index in [1.807, 2.05) is 24.0 Å². The quantitative estimate of drug-likeness (QED) is 0.348. The van der Waals surface area contributed by atoms with Gasteiger partial charge in [0, 0.05) is 45.1 Å². The van der Waals surface area contributed by atoms with Crippen molar-refractivity contribution in [1.82, 2.24) is 15.5 Å². The molecule has 7 nitrogen and oxygen atoms in total. The molecule has 1 amide bonds. The topological polar surface area (TPSA) is 79.1 Å². The summed E-state index contributed by atoms with van der Waals surface area (Å²) < 4.78 is 11.0. The Balaban J connectivity index is 0.00000261. The van der Waals surface area contributed by atoms with Crippen LogP contribution in [0.15, 0.2) is 27.8 Å². The number of nitrogens with one attached hydrogen (secondary N) is 2. The SMILES string of the molecule is CCC(=O)N1CCC(NC(=NCC2CCCO2)NCCc2ccco2)C1.I. The van der Waals surface area contributed by atoms with Gasteiger partial charge in [-0.15, -0.1) is 24.0 Å². The lowest BCUT2D eigenvalue weighted by molar-refractivity contribution is -0.129. The van der Waals surface area contributed by atoms with Crippen LogP contribution in [-0.2, 0) is 16.0 Å². The summed E-state index contributed by atoms with van der Waals surface area (Å²) in [4.78, 5) is 18.5. The molecule has 2 N–H and O–H groups in total. The zero-order valence-corrected chi connectivity index (χ0v) is 18.3. The zero-order valence-electron chi connectivity index (χ0n) is 16.0. The Labute approximate surface area is 178 Å². The van der Waals surface area contributed by atoms with Gasteiger partial charge in [-0.3, -0.25) is 9.79 Å². The first-order chi connectivity index (χ1) is 12.7. The van der Waals surface area contributed by atoms with Crippen LogP contribution >= 0.6 is 24.0 Å². The fraction of sp³-hybridized carbons (Fsp3) is 0.684. The molecule has 3 rings (SSSR count). The van der Waals surface area contributed by atoms with E-state index in [9.17, 15) is 4.79 Å². The van der Waals surface area contributed by atoms with Crippen LogP contribution in [0.5, 0.6) is 0 Å². The van der Waals surface area contributed by atoms with E-state index in [0.717, 1.165) is 63.6 Å². The smallest absolute Gasteiger partial charge is 0.222 e. The molecular formula is C19H31IN4O3. The Morgan fingerprint density at radius 3 is 3.00 bits per heavy atom. The monoisotopic (exact) mass is 490 g/mol. The Bertz CT molecular complexity index is 588. The molecule has 0 aliphatic carbocycles. The standard InChI is InChI=1S/C19H30N4O3.HI/c1-2-18(24)23-10-8-15(14-23)22-19(21-13-17-6-4-12-26-17)20-9-7-16-5-3-11-25-16;/h3,5,11,15,17H,2,4,6-10,12-14H2,1H3,(H2,20,21,22);1H. The van der Waals surface area contributed by atoms with Crippen LogP contribution in [0.4, 0.5) is 0 Å². The van der Waals surface area contributed by atoms with Crippen molar-refractivity contribution in [2.24, 2.45) is 4.99 Å². The van der Waals surface area contributed by atoms with Gasteiger partial charge >= 0.3 is 0 Å². The highest BCUT2D eigenvalue weighted by molar-refractivity contribution is 14.0. The Morgan fingerprint density at radius 2 is 2.30 bits per heavy atom. The van der Waals surface area contributed by atoms with Crippen molar-refractivity contribution in [3.63, 3.8) is 0 Å². The maximum absolute atomic E-state index is 11.9. The number of furan rings is 1. The van der Waals surface area contributed by atoms with Gasteiger partial charge in [0.2, 0.25) is 5.91 Å². The number of likely N-dealkylation sites (tertiary alicyclic amines) is 1. The van der Waals surface area contributed by atoms with Crippen LogP contribution < -0.4 is 10.6 Å². The van der Waals surface area contributed by atoms with Crippen molar-refractivity contribution in [1.29, 1.82) is 0 Å². The van der Waals surface area contributed by atoms with Crippen LogP contribution in [0.1, 0.15) is 38.4 Å². The number of ether oxygens (including phenoxy) is 1. The minimum Gasteiger partial charge on any atom is -0.469 e. The highest BCUT2D eigenvalue weighted by Crippen LogP contribution is 2.13. The summed E-state index contributed by atoms with van der Waals surface area (Å²) in [7, 11) is 0. The molecule has 1 aromatic rings. The van der Waals surface area contributed by atoms with E-state index in [1.54, 1.807) is 6.26 Å². The van der Waals surface area contributed by atoms with E-state index in [2.05, 4.69) is 10.6 Å². The van der Waals surface area contributed by atoms with E-state index >= 15 is 0 Å². The molecule has 152 valence electrons. The van der Waals surface area contributed by atoms with Gasteiger partial charge < -0.3 is 24.7 Å². The Morgan fingerprint density at radius 1 is 1.41 bits per heavy atom. The summed E-state index contributed by atoms with van der Waals surface area (Å²) in [6.07, 6.45) is 6.42. The van der Waals surface area contributed by atoms with Crippen molar-refractivity contribution in [3.05, 3.63) is 24.2 Å². The number of carbonyl (C=O) groups excluding carboxylic acids is 1. The summed E-state index contributed by atoms with van der Waals surface area (Å²) in [5.74, 6) is 1.97. The lowest BCUT2D eigenvalue weighted by Crippen LogP contribution is -2.46. The minimum absolute atomic E-state index is 0. The van der Waals surface area contributed by atoms with E-state index < -0.39 is 0 Å². The molecule has 2 fully saturated rings. The molecule has 2 aliphatic rings. The molecular weight excluding hydrogens is 459 g/mol. The average molecular weight is 490 g/mol. The van der Waals surface area contributed by atoms with Gasteiger partial charge in [-0.25, -0.2) is 0 Å². The number of amides is 1. The molecule has 3 heterocycles. The first-order valence-corrected chi connectivity index (χ1v) is 9.71. The van der Waals surface area contributed by atoms with Crippen molar-refractivity contribution in [3.8, 4) is 0 Å². The number of nitrogens with zero attached hydrogens (tertiary/aromatic N) is 2. The predicted molar refractivity (Wildman–Crippen MR) is 116 cm³/mol. The highest BCUT2D eigenvalue weighted by atomic mass is 127. The molecule has 0 radical (unpaired) electrons. The molecule has 0 spiro atoms. The number of hydrogen-bond donors (Lipinski definition) is 2.